The van der Waals surface area contributed by atoms with Crippen LogP contribution in [-0.2, 0) is 0 Å². The van der Waals surface area contributed by atoms with Crippen molar-refractivity contribution < 1.29 is 14.4 Å². The normalized spacial score (nSPS) is 11.3. The fourth-order valence-corrected chi connectivity index (χ4v) is 3.29. The first-order valence-electron chi connectivity index (χ1n) is 9.93. The van der Waals surface area contributed by atoms with Gasteiger partial charge in [0.15, 0.2) is 11.4 Å². The lowest BCUT2D eigenvalue weighted by molar-refractivity contribution is 0.104. The van der Waals surface area contributed by atoms with Crippen molar-refractivity contribution in [1.82, 2.24) is 4.74 Å². The van der Waals surface area contributed by atoms with Gasteiger partial charge in [-0.1, -0.05) is 30.3 Å². The minimum Gasteiger partial charge on any atom is -0.395 e. The summed E-state index contributed by atoms with van der Waals surface area (Å²) in [6, 6.07) is 21.5. The number of aromatic nitrogens is 1. The highest BCUT2D eigenvalue weighted by Gasteiger charge is 2.11. The molecule has 6 heteroatoms. The topological polar surface area (TPSA) is 75.7 Å². The molecule has 3 aromatic carbocycles. The van der Waals surface area contributed by atoms with E-state index in [1.807, 2.05) is 42.3 Å². The summed E-state index contributed by atoms with van der Waals surface area (Å²) in [4.78, 5) is 27.0. The first-order valence-corrected chi connectivity index (χ1v) is 9.93. The number of hydrogen-bond acceptors (Lipinski definition) is 5. The third kappa shape index (κ3) is 4.34. The molecule has 1 aromatic heterocycles. The molecule has 4 rings (SSSR count). The summed E-state index contributed by atoms with van der Waals surface area (Å²) >= 11 is 0. The SMILES string of the molecule is CN(CCO)c1ccc(/C=C/C(=O)c2ccc(-n3oc4ccccc4c3=O)cc2)cc1. The molecule has 0 radical (unpaired) electrons. The summed E-state index contributed by atoms with van der Waals surface area (Å²) in [5, 5.41) is 9.54. The number of likely N-dealkylation sites (N-methyl/N-ethyl adjacent to an activating group) is 1. The van der Waals surface area contributed by atoms with Crippen LogP contribution in [0, 0.1) is 0 Å². The molecule has 6 nitrogen and oxygen atoms in total. The van der Waals surface area contributed by atoms with Crippen LogP contribution in [0.3, 0.4) is 0 Å². The van der Waals surface area contributed by atoms with Gasteiger partial charge in [0, 0.05) is 24.8 Å². The Morgan fingerprint density at radius 2 is 1.74 bits per heavy atom. The van der Waals surface area contributed by atoms with Crippen molar-refractivity contribution in [3.8, 4) is 5.69 Å². The summed E-state index contributed by atoms with van der Waals surface area (Å²) in [5.41, 5.74) is 3.26. The Labute approximate surface area is 179 Å². The van der Waals surface area contributed by atoms with Crippen LogP contribution < -0.4 is 10.5 Å². The van der Waals surface area contributed by atoms with E-state index in [1.165, 1.54) is 10.8 Å². The number of carbonyl (C=O) groups is 1. The van der Waals surface area contributed by atoms with E-state index in [9.17, 15) is 9.59 Å². The van der Waals surface area contributed by atoms with Gasteiger partial charge in [0.2, 0.25) is 0 Å². The largest absolute Gasteiger partial charge is 0.395 e. The first-order chi connectivity index (χ1) is 15.1. The zero-order valence-corrected chi connectivity index (χ0v) is 17.1. The van der Waals surface area contributed by atoms with E-state index in [0.717, 1.165) is 11.3 Å². The van der Waals surface area contributed by atoms with Crippen molar-refractivity contribution in [3.05, 3.63) is 100 Å². The molecule has 0 saturated carbocycles. The number of fused-ring (bicyclic) bond motifs is 1. The first kappa shape index (κ1) is 20.4. The van der Waals surface area contributed by atoms with E-state index >= 15 is 0 Å². The number of hydrogen-bond donors (Lipinski definition) is 1. The second-order valence-corrected chi connectivity index (χ2v) is 7.17. The molecule has 156 valence electrons. The quantitative estimate of drug-likeness (QED) is 0.367. The molecule has 0 saturated heterocycles. The number of para-hydroxylation sites is 1. The maximum Gasteiger partial charge on any atom is 0.295 e. The van der Waals surface area contributed by atoms with Crippen LogP contribution in [0.1, 0.15) is 15.9 Å². The molecule has 1 N–H and O–H groups in total. The number of benzene rings is 3. The molecule has 0 aliphatic carbocycles. The standard InChI is InChI=1S/C25H22N2O4/c1-26(16-17-28)20-11-6-18(7-12-20)8-15-23(29)19-9-13-21(14-10-19)27-25(30)22-4-2-3-5-24(22)31-27/h2-15,28H,16-17H2,1H3/b15-8+. The highest BCUT2D eigenvalue weighted by Crippen LogP contribution is 2.17. The number of ketones is 1. The van der Waals surface area contributed by atoms with Gasteiger partial charge in [-0.05, 0) is 60.2 Å². The van der Waals surface area contributed by atoms with Crippen LogP contribution in [0.4, 0.5) is 5.69 Å². The summed E-state index contributed by atoms with van der Waals surface area (Å²) < 4.78 is 6.85. The van der Waals surface area contributed by atoms with Gasteiger partial charge in [-0.3, -0.25) is 9.59 Å². The van der Waals surface area contributed by atoms with Crippen LogP contribution in [0.2, 0.25) is 0 Å². The molecule has 0 aliphatic rings. The van der Waals surface area contributed by atoms with Gasteiger partial charge in [-0.15, -0.1) is 4.74 Å². The molecule has 0 unspecified atom stereocenters. The highest BCUT2D eigenvalue weighted by molar-refractivity contribution is 6.06. The lowest BCUT2D eigenvalue weighted by atomic mass is 10.1. The molecule has 1 heterocycles. The molecule has 0 atom stereocenters. The number of carbonyl (C=O) groups excluding carboxylic acids is 1. The van der Waals surface area contributed by atoms with E-state index in [2.05, 4.69) is 0 Å². The molecule has 0 fully saturated rings. The van der Waals surface area contributed by atoms with Gasteiger partial charge in [-0.25, -0.2) is 0 Å². The molecule has 31 heavy (non-hydrogen) atoms. The lowest BCUT2D eigenvalue weighted by Crippen LogP contribution is -2.20. The smallest absolute Gasteiger partial charge is 0.295 e. The number of rotatable bonds is 7. The third-order valence-corrected chi connectivity index (χ3v) is 5.07. The van der Waals surface area contributed by atoms with Gasteiger partial charge in [-0.2, -0.15) is 0 Å². The van der Waals surface area contributed by atoms with Crippen molar-refractivity contribution in [2.45, 2.75) is 0 Å². The minimum absolute atomic E-state index is 0.0937. The van der Waals surface area contributed by atoms with Gasteiger partial charge >= 0.3 is 0 Å². The van der Waals surface area contributed by atoms with Gasteiger partial charge in [0.25, 0.3) is 5.56 Å². The Morgan fingerprint density at radius 3 is 2.42 bits per heavy atom. The number of aliphatic hydroxyl groups excluding tert-OH is 1. The fourth-order valence-electron chi connectivity index (χ4n) is 3.29. The average Bonchev–Trinajstić information content (AvgIpc) is 3.15. The molecule has 4 aromatic rings. The van der Waals surface area contributed by atoms with E-state index < -0.39 is 0 Å². The monoisotopic (exact) mass is 414 g/mol. The summed E-state index contributed by atoms with van der Waals surface area (Å²) in [7, 11) is 1.91. The van der Waals surface area contributed by atoms with E-state index in [1.54, 1.807) is 48.5 Å². The van der Waals surface area contributed by atoms with Crippen LogP contribution in [-0.4, -0.2) is 35.8 Å². The number of nitrogens with zero attached hydrogens (tertiary/aromatic N) is 2. The fraction of sp³-hybridized carbons (Fsp3) is 0.120. The van der Waals surface area contributed by atoms with Crippen LogP contribution in [0.15, 0.2) is 88.2 Å². The van der Waals surface area contributed by atoms with Crippen molar-refractivity contribution in [2.24, 2.45) is 0 Å². The van der Waals surface area contributed by atoms with Crippen LogP contribution in [0.25, 0.3) is 22.7 Å². The number of anilines is 1. The van der Waals surface area contributed by atoms with Gasteiger partial charge in [0.1, 0.15) is 0 Å². The Morgan fingerprint density at radius 1 is 1.03 bits per heavy atom. The second kappa shape index (κ2) is 8.85. The third-order valence-electron chi connectivity index (χ3n) is 5.07. The Hall–Kier alpha value is -3.90. The number of aliphatic hydroxyl groups is 1. The Kier molecular flexibility index (Phi) is 5.82. The summed E-state index contributed by atoms with van der Waals surface area (Å²) in [6.07, 6.45) is 3.28. The predicted molar refractivity (Wildman–Crippen MR) is 122 cm³/mol. The van der Waals surface area contributed by atoms with Crippen molar-refractivity contribution in [1.29, 1.82) is 0 Å². The molecule has 0 amide bonds. The summed E-state index contributed by atoms with van der Waals surface area (Å²) in [6.45, 7) is 0.653. The molecular weight excluding hydrogens is 392 g/mol. The highest BCUT2D eigenvalue weighted by atomic mass is 16.5. The molecular formula is C25H22N2O4. The van der Waals surface area contributed by atoms with Crippen molar-refractivity contribution >= 4 is 28.5 Å². The maximum atomic E-state index is 12.5. The van der Waals surface area contributed by atoms with E-state index in [-0.39, 0.29) is 17.9 Å². The number of allylic oxidation sites excluding steroid dienone is 1. The molecule has 0 spiro atoms. The van der Waals surface area contributed by atoms with Crippen LogP contribution >= 0.6 is 0 Å². The van der Waals surface area contributed by atoms with E-state index in [4.69, 9.17) is 9.63 Å². The second-order valence-electron chi connectivity index (χ2n) is 7.17. The Bertz CT molecular complexity index is 1280. The van der Waals surface area contributed by atoms with E-state index in [0.29, 0.717) is 28.8 Å². The van der Waals surface area contributed by atoms with Gasteiger partial charge in [0.05, 0.1) is 17.7 Å². The molecule has 0 aliphatic heterocycles. The predicted octanol–water partition coefficient (Wildman–Crippen LogP) is 3.91. The maximum absolute atomic E-state index is 12.5. The van der Waals surface area contributed by atoms with Crippen LogP contribution in [0.5, 0.6) is 0 Å². The minimum atomic E-state index is -0.234. The Balaban J connectivity index is 1.48. The zero-order chi connectivity index (χ0) is 21.8. The van der Waals surface area contributed by atoms with Gasteiger partial charge < -0.3 is 14.5 Å². The average molecular weight is 414 g/mol. The zero-order valence-electron chi connectivity index (χ0n) is 17.1. The lowest BCUT2D eigenvalue weighted by Gasteiger charge is -2.17. The van der Waals surface area contributed by atoms with Crippen molar-refractivity contribution in [3.63, 3.8) is 0 Å². The summed E-state index contributed by atoms with van der Waals surface area (Å²) in [5.74, 6) is -0.134. The van der Waals surface area contributed by atoms with Crippen molar-refractivity contribution in [2.75, 3.05) is 25.1 Å². The molecule has 0 bridgehead atoms.